The van der Waals surface area contributed by atoms with Crippen molar-refractivity contribution in [2.45, 2.75) is 17.1 Å². The van der Waals surface area contributed by atoms with Gasteiger partial charge in [-0.3, -0.25) is 0 Å². The van der Waals surface area contributed by atoms with Gasteiger partial charge in [-0.05, 0) is 30.3 Å². The molecule has 6 nitrogen and oxygen atoms in total. The summed E-state index contributed by atoms with van der Waals surface area (Å²) in [6.45, 7) is 1.74. The third kappa shape index (κ3) is 2.28. The van der Waals surface area contributed by atoms with E-state index in [9.17, 15) is 4.79 Å². The Balaban J connectivity index is 2.43. The van der Waals surface area contributed by atoms with E-state index in [0.717, 1.165) is 0 Å². The predicted octanol–water partition coefficient (Wildman–Crippen LogP) is 1.37. The summed E-state index contributed by atoms with van der Waals surface area (Å²) in [6, 6.07) is 1.67. The van der Waals surface area contributed by atoms with Crippen LogP contribution in [-0.4, -0.2) is 30.8 Å². The number of pyridine rings is 1. The summed E-state index contributed by atoms with van der Waals surface area (Å²) in [5.74, 6) is -0.986. The fourth-order valence-electron chi connectivity index (χ4n) is 1.32. The van der Waals surface area contributed by atoms with Crippen molar-refractivity contribution in [3.63, 3.8) is 0 Å². The number of carboxylic acids is 1. The van der Waals surface area contributed by atoms with Crippen molar-refractivity contribution in [2.24, 2.45) is 7.05 Å². The molecule has 0 saturated carbocycles. The Bertz CT molecular complexity index is 567. The van der Waals surface area contributed by atoms with Gasteiger partial charge in [0.25, 0.3) is 0 Å². The predicted molar refractivity (Wildman–Crippen MR) is 61.1 cm³/mol. The first kappa shape index (κ1) is 11.6. The van der Waals surface area contributed by atoms with Crippen LogP contribution in [0.25, 0.3) is 0 Å². The zero-order valence-corrected chi connectivity index (χ0v) is 10.1. The van der Waals surface area contributed by atoms with Crippen LogP contribution in [0, 0.1) is 6.92 Å². The van der Waals surface area contributed by atoms with Crippen LogP contribution in [0.5, 0.6) is 0 Å². The van der Waals surface area contributed by atoms with E-state index in [1.807, 2.05) is 0 Å². The number of nitrogens with zero attached hydrogens (tertiary/aromatic N) is 4. The van der Waals surface area contributed by atoms with Crippen molar-refractivity contribution in [2.75, 3.05) is 0 Å². The maximum Gasteiger partial charge on any atom is 0.338 e. The molecular formula is C10H10N4O2S. The number of rotatable bonds is 3. The van der Waals surface area contributed by atoms with Gasteiger partial charge in [-0.1, -0.05) is 0 Å². The molecule has 2 rings (SSSR count). The lowest BCUT2D eigenvalue weighted by Gasteiger charge is -2.06. The molecule has 0 fully saturated rings. The zero-order chi connectivity index (χ0) is 12.4. The first-order valence-electron chi connectivity index (χ1n) is 4.80. The van der Waals surface area contributed by atoms with Gasteiger partial charge in [-0.25, -0.2) is 9.78 Å². The van der Waals surface area contributed by atoms with Gasteiger partial charge in [-0.15, -0.1) is 10.2 Å². The monoisotopic (exact) mass is 250 g/mol. The van der Waals surface area contributed by atoms with Crippen molar-refractivity contribution >= 4 is 17.7 Å². The molecule has 2 aromatic heterocycles. The van der Waals surface area contributed by atoms with E-state index >= 15 is 0 Å². The highest BCUT2D eigenvalue weighted by atomic mass is 32.2. The lowest BCUT2D eigenvalue weighted by atomic mass is 10.2. The van der Waals surface area contributed by atoms with Gasteiger partial charge in [0, 0.05) is 13.2 Å². The maximum absolute atomic E-state index is 11.2. The zero-order valence-electron chi connectivity index (χ0n) is 9.28. The Labute approximate surface area is 102 Å². The molecule has 2 aromatic rings. The van der Waals surface area contributed by atoms with E-state index in [1.165, 1.54) is 11.8 Å². The van der Waals surface area contributed by atoms with Crippen LogP contribution in [0.1, 0.15) is 15.9 Å². The van der Waals surface area contributed by atoms with Crippen LogP contribution in [0.2, 0.25) is 0 Å². The molecule has 0 aliphatic rings. The van der Waals surface area contributed by atoms with E-state index in [-0.39, 0.29) is 5.56 Å². The van der Waals surface area contributed by atoms with Crippen molar-refractivity contribution in [3.8, 4) is 0 Å². The van der Waals surface area contributed by atoms with Gasteiger partial charge in [0.2, 0.25) is 0 Å². The number of hydrogen-bond acceptors (Lipinski definition) is 5. The summed E-state index contributed by atoms with van der Waals surface area (Å²) >= 11 is 1.19. The van der Waals surface area contributed by atoms with E-state index < -0.39 is 5.97 Å². The molecule has 0 atom stereocenters. The largest absolute Gasteiger partial charge is 0.478 e. The molecule has 2 heterocycles. The Hall–Kier alpha value is -1.89. The molecular weight excluding hydrogens is 240 g/mol. The first-order chi connectivity index (χ1) is 8.09. The van der Waals surface area contributed by atoms with Crippen LogP contribution < -0.4 is 0 Å². The molecule has 0 radical (unpaired) electrons. The van der Waals surface area contributed by atoms with Gasteiger partial charge < -0.3 is 9.67 Å². The van der Waals surface area contributed by atoms with Gasteiger partial charge in [0.15, 0.2) is 5.16 Å². The van der Waals surface area contributed by atoms with E-state index in [1.54, 1.807) is 37.1 Å². The fourth-order valence-corrected chi connectivity index (χ4v) is 2.24. The van der Waals surface area contributed by atoms with Crippen LogP contribution in [0.4, 0.5) is 0 Å². The molecule has 88 valence electrons. The Morgan fingerprint density at radius 3 is 2.88 bits per heavy atom. The minimum absolute atomic E-state index is 0.209. The lowest BCUT2D eigenvalue weighted by Crippen LogP contribution is -2.04. The van der Waals surface area contributed by atoms with Gasteiger partial charge in [0.1, 0.15) is 11.4 Å². The highest BCUT2D eigenvalue weighted by Crippen LogP contribution is 2.28. The van der Waals surface area contributed by atoms with E-state index in [4.69, 9.17) is 5.11 Å². The topological polar surface area (TPSA) is 80.9 Å². The van der Waals surface area contributed by atoms with Crippen LogP contribution in [0.15, 0.2) is 28.8 Å². The Morgan fingerprint density at radius 1 is 1.53 bits per heavy atom. The standard InChI is InChI=1S/C10H10N4O2S/c1-6-3-4-11-8(7(6)9(15)16)17-10-13-12-5-14(10)2/h3-5H,1-2H3,(H,15,16). The van der Waals surface area contributed by atoms with Crippen LogP contribution in [0.3, 0.4) is 0 Å². The molecule has 0 saturated heterocycles. The molecule has 0 aromatic carbocycles. The summed E-state index contributed by atoms with van der Waals surface area (Å²) in [4.78, 5) is 15.2. The summed E-state index contributed by atoms with van der Waals surface area (Å²) in [5.41, 5.74) is 0.887. The number of carboxylic acid groups (broad SMARTS) is 1. The average Bonchev–Trinajstić information content (AvgIpc) is 2.64. The minimum atomic E-state index is -0.986. The highest BCUT2D eigenvalue weighted by Gasteiger charge is 2.17. The normalized spacial score (nSPS) is 10.5. The second-order valence-electron chi connectivity index (χ2n) is 3.44. The number of hydrogen-bond donors (Lipinski definition) is 1. The number of aromatic carboxylic acids is 1. The molecule has 0 unspecified atom stereocenters. The smallest absolute Gasteiger partial charge is 0.338 e. The summed E-state index contributed by atoms with van der Waals surface area (Å²) in [5, 5.41) is 17.8. The Kier molecular flexibility index (Phi) is 3.10. The number of aromatic nitrogens is 4. The second-order valence-corrected chi connectivity index (χ2v) is 4.40. The van der Waals surface area contributed by atoms with Crippen LogP contribution >= 0.6 is 11.8 Å². The maximum atomic E-state index is 11.2. The van der Waals surface area contributed by atoms with Crippen molar-refractivity contribution in [1.29, 1.82) is 0 Å². The van der Waals surface area contributed by atoms with E-state index in [0.29, 0.717) is 15.7 Å². The van der Waals surface area contributed by atoms with Crippen molar-refractivity contribution in [3.05, 3.63) is 29.7 Å². The van der Waals surface area contributed by atoms with Crippen molar-refractivity contribution in [1.82, 2.24) is 19.7 Å². The Morgan fingerprint density at radius 2 is 2.29 bits per heavy atom. The molecule has 1 N–H and O–H groups in total. The lowest BCUT2D eigenvalue weighted by molar-refractivity contribution is 0.0691. The van der Waals surface area contributed by atoms with Gasteiger partial charge in [0.05, 0.1) is 5.56 Å². The summed E-state index contributed by atoms with van der Waals surface area (Å²) in [7, 11) is 1.79. The highest BCUT2D eigenvalue weighted by molar-refractivity contribution is 7.99. The van der Waals surface area contributed by atoms with E-state index in [2.05, 4.69) is 15.2 Å². The van der Waals surface area contributed by atoms with Gasteiger partial charge in [-0.2, -0.15) is 0 Å². The molecule has 17 heavy (non-hydrogen) atoms. The molecule has 0 bridgehead atoms. The third-order valence-corrected chi connectivity index (χ3v) is 3.25. The molecule has 0 aliphatic carbocycles. The fraction of sp³-hybridized carbons (Fsp3) is 0.200. The summed E-state index contributed by atoms with van der Waals surface area (Å²) < 4.78 is 1.71. The number of aryl methyl sites for hydroxylation is 2. The van der Waals surface area contributed by atoms with Crippen molar-refractivity contribution < 1.29 is 9.90 Å². The second kappa shape index (κ2) is 4.54. The minimum Gasteiger partial charge on any atom is -0.478 e. The number of carbonyl (C=O) groups is 1. The average molecular weight is 250 g/mol. The van der Waals surface area contributed by atoms with Crippen LogP contribution in [-0.2, 0) is 7.05 Å². The third-order valence-electron chi connectivity index (χ3n) is 2.20. The quantitative estimate of drug-likeness (QED) is 0.886. The molecule has 0 amide bonds. The SMILES string of the molecule is Cc1ccnc(Sc2nncn2C)c1C(=O)O. The summed E-state index contributed by atoms with van der Waals surface area (Å²) in [6.07, 6.45) is 3.14. The molecule has 0 spiro atoms. The van der Waals surface area contributed by atoms with Gasteiger partial charge >= 0.3 is 5.97 Å². The first-order valence-corrected chi connectivity index (χ1v) is 5.62. The molecule has 7 heteroatoms. The molecule has 0 aliphatic heterocycles.